The van der Waals surface area contributed by atoms with Gasteiger partial charge in [-0.2, -0.15) is 9.97 Å². The van der Waals surface area contributed by atoms with Gasteiger partial charge in [0.15, 0.2) is 9.84 Å². The predicted octanol–water partition coefficient (Wildman–Crippen LogP) is 4.94. The first-order chi connectivity index (χ1) is 23.3. The quantitative estimate of drug-likeness (QED) is 0.127. The van der Waals surface area contributed by atoms with Gasteiger partial charge in [-0.1, -0.05) is 30.3 Å². The molecular formula is C35H40N8O4S. The Labute approximate surface area is 280 Å². The summed E-state index contributed by atoms with van der Waals surface area (Å²) in [5, 5.41) is 10.5. The van der Waals surface area contributed by atoms with Crippen LogP contribution in [0.15, 0.2) is 90.0 Å². The average molecular weight is 669 g/mol. The molecule has 250 valence electrons. The molecule has 6 rings (SSSR count). The molecule has 4 N–H and O–H groups in total. The predicted molar refractivity (Wildman–Crippen MR) is 189 cm³/mol. The second kappa shape index (κ2) is 14.8. The molecule has 12 nitrogen and oxygen atoms in total. The minimum atomic E-state index is -3.43. The first kappa shape index (κ1) is 32.9. The SMILES string of the molecule is CN(c1ccccc1CNc1nc(Nc2ccc(C(=O)NCCCN3CCOCC3)cc2)nc2[nH]ccc12)c1ccccc1S(C)(=O)=O. The maximum Gasteiger partial charge on any atom is 0.251 e. The van der Waals surface area contributed by atoms with Crippen LogP contribution in [-0.2, 0) is 21.1 Å². The third-order valence-corrected chi connectivity index (χ3v) is 9.43. The molecule has 2 aromatic heterocycles. The second-order valence-electron chi connectivity index (χ2n) is 11.7. The fourth-order valence-electron chi connectivity index (χ4n) is 5.74. The highest BCUT2D eigenvalue weighted by Gasteiger charge is 2.19. The number of fused-ring (bicyclic) bond motifs is 1. The van der Waals surface area contributed by atoms with Crippen LogP contribution in [0.1, 0.15) is 22.3 Å². The lowest BCUT2D eigenvalue weighted by atomic mass is 10.1. The average Bonchev–Trinajstić information content (AvgIpc) is 3.58. The summed E-state index contributed by atoms with van der Waals surface area (Å²) in [4.78, 5) is 29.8. The van der Waals surface area contributed by atoms with Crippen LogP contribution in [0.5, 0.6) is 0 Å². The van der Waals surface area contributed by atoms with Crippen LogP contribution in [0.4, 0.5) is 28.8 Å². The van der Waals surface area contributed by atoms with Crippen LogP contribution in [0.3, 0.4) is 0 Å². The monoisotopic (exact) mass is 668 g/mol. The van der Waals surface area contributed by atoms with Gasteiger partial charge in [-0.15, -0.1) is 0 Å². The van der Waals surface area contributed by atoms with Crippen molar-refractivity contribution < 1.29 is 17.9 Å². The van der Waals surface area contributed by atoms with Crippen LogP contribution in [0.2, 0.25) is 0 Å². The zero-order valence-electron chi connectivity index (χ0n) is 27.1. The summed E-state index contributed by atoms with van der Waals surface area (Å²) in [6, 6.07) is 24.0. The number of sulfone groups is 1. The molecule has 1 amide bonds. The Morgan fingerprint density at radius 2 is 1.69 bits per heavy atom. The fraction of sp³-hybridized carbons (Fsp3) is 0.286. The van der Waals surface area contributed by atoms with Crippen molar-refractivity contribution in [1.29, 1.82) is 0 Å². The van der Waals surface area contributed by atoms with E-state index in [0.717, 1.165) is 61.6 Å². The zero-order valence-corrected chi connectivity index (χ0v) is 27.9. The second-order valence-corrected chi connectivity index (χ2v) is 13.7. The van der Waals surface area contributed by atoms with E-state index in [1.807, 2.05) is 66.7 Å². The molecule has 1 saturated heterocycles. The van der Waals surface area contributed by atoms with Crippen molar-refractivity contribution in [1.82, 2.24) is 25.2 Å². The Morgan fingerprint density at radius 3 is 2.46 bits per heavy atom. The number of carbonyl (C=O) groups excluding carboxylic acids is 1. The van der Waals surface area contributed by atoms with Crippen LogP contribution >= 0.6 is 0 Å². The standard InChI is InChI=1S/C35H40N8O4S/c1-42(30-10-5-6-11-31(30)48(2,45)46)29-9-4-3-8-26(29)24-38-33-28-16-18-36-32(28)40-35(41-33)39-27-14-12-25(13-15-27)34(44)37-17-7-19-43-20-22-47-23-21-43/h3-6,8-16,18H,7,17,19-24H2,1-2H3,(H,37,44)(H3,36,38,39,40,41). The van der Waals surface area contributed by atoms with Crippen LogP contribution in [0, 0.1) is 0 Å². The van der Waals surface area contributed by atoms with Crippen molar-refractivity contribution in [2.45, 2.75) is 17.9 Å². The van der Waals surface area contributed by atoms with Gasteiger partial charge < -0.3 is 30.6 Å². The largest absolute Gasteiger partial charge is 0.379 e. The highest BCUT2D eigenvalue weighted by molar-refractivity contribution is 7.90. The van der Waals surface area contributed by atoms with Crippen molar-refractivity contribution in [2.75, 3.05) is 68.2 Å². The Morgan fingerprint density at radius 1 is 0.958 bits per heavy atom. The number of hydrogen-bond donors (Lipinski definition) is 4. The van der Waals surface area contributed by atoms with Gasteiger partial charge in [0, 0.05) is 62.6 Å². The summed E-state index contributed by atoms with van der Waals surface area (Å²) in [5.41, 5.74) is 4.40. The lowest BCUT2D eigenvalue weighted by molar-refractivity contribution is 0.0374. The summed E-state index contributed by atoms with van der Waals surface area (Å²) in [7, 11) is -1.57. The number of nitrogens with one attached hydrogen (secondary N) is 4. The number of carbonyl (C=O) groups is 1. The number of aromatic nitrogens is 3. The first-order valence-corrected chi connectivity index (χ1v) is 17.8. The Hall–Kier alpha value is -4.98. The lowest BCUT2D eigenvalue weighted by Crippen LogP contribution is -2.38. The minimum Gasteiger partial charge on any atom is -0.379 e. The summed E-state index contributed by atoms with van der Waals surface area (Å²) >= 11 is 0. The maximum absolute atomic E-state index is 12.7. The van der Waals surface area contributed by atoms with Gasteiger partial charge in [0.1, 0.15) is 11.5 Å². The van der Waals surface area contributed by atoms with E-state index in [-0.39, 0.29) is 10.8 Å². The van der Waals surface area contributed by atoms with E-state index in [9.17, 15) is 13.2 Å². The molecule has 0 radical (unpaired) electrons. The van der Waals surface area contributed by atoms with E-state index >= 15 is 0 Å². The third kappa shape index (κ3) is 7.93. The van der Waals surface area contributed by atoms with Crippen molar-refractivity contribution in [3.05, 3.63) is 96.2 Å². The highest BCUT2D eigenvalue weighted by Crippen LogP contribution is 2.33. The van der Waals surface area contributed by atoms with Crippen LogP contribution in [-0.4, -0.2) is 86.9 Å². The highest BCUT2D eigenvalue weighted by atomic mass is 32.2. The van der Waals surface area contributed by atoms with E-state index in [1.165, 1.54) is 6.26 Å². The van der Waals surface area contributed by atoms with Gasteiger partial charge in [-0.3, -0.25) is 9.69 Å². The first-order valence-electron chi connectivity index (χ1n) is 15.9. The lowest BCUT2D eigenvalue weighted by Gasteiger charge is -2.26. The topological polar surface area (TPSA) is 145 Å². The van der Waals surface area contributed by atoms with Gasteiger partial charge in [-0.25, -0.2) is 8.42 Å². The van der Waals surface area contributed by atoms with Crippen LogP contribution in [0.25, 0.3) is 11.0 Å². The number of nitrogens with zero attached hydrogens (tertiary/aromatic N) is 4. The number of amides is 1. The molecule has 5 aromatic rings. The number of para-hydroxylation sites is 2. The molecule has 3 heterocycles. The number of morpholine rings is 1. The molecule has 0 saturated carbocycles. The number of ether oxygens (including phenoxy) is 1. The zero-order chi connectivity index (χ0) is 33.5. The number of hydrogen-bond acceptors (Lipinski definition) is 10. The van der Waals surface area contributed by atoms with Gasteiger partial charge in [-0.05, 0) is 67.1 Å². The Kier molecular flexibility index (Phi) is 10.2. The third-order valence-electron chi connectivity index (χ3n) is 8.28. The van der Waals surface area contributed by atoms with Crippen LogP contribution < -0.4 is 20.9 Å². The molecule has 48 heavy (non-hydrogen) atoms. The van der Waals surface area contributed by atoms with Gasteiger partial charge in [0.05, 0.1) is 29.2 Å². The molecule has 3 aromatic carbocycles. The number of benzene rings is 3. The van der Waals surface area contributed by atoms with E-state index in [1.54, 1.807) is 30.3 Å². The van der Waals surface area contributed by atoms with Crippen molar-refractivity contribution >= 4 is 55.6 Å². The molecule has 1 aliphatic rings. The van der Waals surface area contributed by atoms with E-state index in [2.05, 4.69) is 30.8 Å². The summed E-state index contributed by atoms with van der Waals surface area (Å²) < 4.78 is 30.4. The van der Waals surface area contributed by atoms with Gasteiger partial charge in [0.2, 0.25) is 5.95 Å². The smallest absolute Gasteiger partial charge is 0.251 e. The molecule has 0 bridgehead atoms. The molecule has 0 aliphatic carbocycles. The van der Waals surface area contributed by atoms with E-state index < -0.39 is 9.84 Å². The van der Waals surface area contributed by atoms with Crippen molar-refractivity contribution in [2.24, 2.45) is 0 Å². The Balaban J connectivity index is 1.12. The summed E-state index contributed by atoms with van der Waals surface area (Å²) in [6.07, 6.45) is 3.92. The molecular weight excluding hydrogens is 629 g/mol. The molecule has 1 fully saturated rings. The maximum atomic E-state index is 12.7. The van der Waals surface area contributed by atoms with Gasteiger partial charge in [0.25, 0.3) is 5.91 Å². The van der Waals surface area contributed by atoms with E-state index in [4.69, 9.17) is 9.72 Å². The van der Waals surface area contributed by atoms with E-state index in [0.29, 0.717) is 41.8 Å². The van der Waals surface area contributed by atoms with Crippen molar-refractivity contribution in [3.63, 3.8) is 0 Å². The molecule has 0 spiro atoms. The molecule has 0 unspecified atom stereocenters. The normalized spacial score (nSPS) is 13.7. The summed E-state index contributed by atoms with van der Waals surface area (Å²) in [5.74, 6) is 0.913. The number of H-pyrrole nitrogens is 1. The minimum absolute atomic E-state index is 0.107. The fourth-order valence-corrected chi connectivity index (χ4v) is 6.65. The molecule has 1 aliphatic heterocycles. The van der Waals surface area contributed by atoms with Crippen molar-refractivity contribution in [3.8, 4) is 0 Å². The Bertz CT molecular complexity index is 1970. The van der Waals surface area contributed by atoms with Gasteiger partial charge >= 0.3 is 0 Å². The number of anilines is 5. The number of rotatable bonds is 13. The summed E-state index contributed by atoms with van der Waals surface area (Å²) in [6.45, 7) is 5.41. The number of aromatic amines is 1. The molecule has 13 heteroatoms. The molecule has 0 atom stereocenters.